The van der Waals surface area contributed by atoms with Crippen LogP contribution in [0.5, 0.6) is 0 Å². The molecule has 2 atom stereocenters. The summed E-state index contributed by atoms with van der Waals surface area (Å²) in [5.74, 6) is -0.626. The second-order valence-electron chi connectivity index (χ2n) is 10.7. The number of rotatable bonds is 10. The maximum absolute atomic E-state index is 14.0. The normalized spacial score (nSPS) is 12.9. The van der Waals surface area contributed by atoms with Crippen LogP contribution in [0.1, 0.15) is 63.8 Å². The molecule has 0 aromatic heterocycles. The molecule has 2 unspecified atom stereocenters. The van der Waals surface area contributed by atoms with Crippen LogP contribution >= 0.6 is 0 Å². The van der Waals surface area contributed by atoms with Gasteiger partial charge in [-0.05, 0) is 69.7 Å². The van der Waals surface area contributed by atoms with Crippen LogP contribution in [-0.4, -0.2) is 41.0 Å². The number of carbonyl (C=O) groups is 3. The van der Waals surface area contributed by atoms with E-state index in [2.05, 4.69) is 17.2 Å². The second kappa shape index (κ2) is 13.1. The average Bonchev–Trinajstić information content (AvgIpc) is 2.79. The van der Waals surface area contributed by atoms with Crippen molar-refractivity contribution in [1.29, 1.82) is 0 Å². The molecule has 0 aliphatic carbocycles. The summed E-state index contributed by atoms with van der Waals surface area (Å²) >= 11 is 0. The van der Waals surface area contributed by atoms with Gasteiger partial charge in [0.1, 0.15) is 17.7 Å². The Hall–Kier alpha value is -3.61. The molecule has 0 radical (unpaired) electrons. The maximum Gasteiger partial charge on any atom is 0.408 e. The molecule has 200 valence electrons. The van der Waals surface area contributed by atoms with E-state index in [0.717, 1.165) is 11.1 Å². The van der Waals surface area contributed by atoms with E-state index < -0.39 is 23.8 Å². The topological polar surface area (TPSA) is 87.7 Å². The Morgan fingerprint density at radius 3 is 2.14 bits per heavy atom. The first kappa shape index (κ1) is 29.6. The van der Waals surface area contributed by atoms with Crippen LogP contribution in [0.3, 0.4) is 0 Å². The third-order valence-corrected chi connectivity index (χ3v) is 5.75. The number of para-hydroxylation sites is 1. The monoisotopic (exact) mass is 507 g/mol. The summed E-state index contributed by atoms with van der Waals surface area (Å²) < 4.78 is 5.42. The van der Waals surface area contributed by atoms with Crippen LogP contribution in [0.15, 0.2) is 61.2 Å². The van der Waals surface area contributed by atoms with Crippen LogP contribution in [0.4, 0.5) is 10.5 Å². The van der Waals surface area contributed by atoms with E-state index in [-0.39, 0.29) is 24.3 Å². The van der Waals surface area contributed by atoms with Crippen molar-refractivity contribution in [3.8, 4) is 0 Å². The predicted molar refractivity (Wildman–Crippen MR) is 148 cm³/mol. The number of benzene rings is 2. The molecule has 0 spiro atoms. The first-order valence-corrected chi connectivity index (χ1v) is 12.7. The minimum Gasteiger partial charge on any atom is -0.444 e. The van der Waals surface area contributed by atoms with Gasteiger partial charge < -0.3 is 20.3 Å². The summed E-state index contributed by atoms with van der Waals surface area (Å²) in [4.78, 5) is 42.0. The van der Waals surface area contributed by atoms with Crippen LogP contribution < -0.4 is 10.6 Å². The van der Waals surface area contributed by atoms with Crippen LogP contribution in [0, 0.1) is 19.8 Å². The van der Waals surface area contributed by atoms with Gasteiger partial charge in [-0.2, -0.15) is 0 Å². The predicted octanol–water partition coefficient (Wildman–Crippen LogP) is 5.94. The maximum atomic E-state index is 14.0. The van der Waals surface area contributed by atoms with Gasteiger partial charge in [0, 0.05) is 12.2 Å². The molecule has 3 amide bonds. The standard InChI is InChI=1S/C30H41N3O4/c1-9-18-33(28(35)25(19-20(2)3)32-29(36)37-30(6,7)8)26(23-16-12-10-14-21(23)4)27(34)31-24-17-13-11-15-22(24)5/h9-17,20,25-26H,1,18-19H2,2-8H3,(H,31,34)(H,32,36). The summed E-state index contributed by atoms with van der Waals surface area (Å²) in [6.07, 6.45) is 1.29. The van der Waals surface area contributed by atoms with E-state index in [0.29, 0.717) is 17.7 Å². The number of aryl methyl sites for hydroxylation is 2. The summed E-state index contributed by atoms with van der Waals surface area (Å²) in [6, 6.07) is 13.1. The van der Waals surface area contributed by atoms with Crippen molar-refractivity contribution in [2.45, 2.75) is 72.6 Å². The van der Waals surface area contributed by atoms with Gasteiger partial charge in [-0.25, -0.2) is 4.79 Å². The number of nitrogens with one attached hydrogen (secondary N) is 2. The third-order valence-electron chi connectivity index (χ3n) is 5.75. The lowest BCUT2D eigenvalue weighted by molar-refractivity contribution is -0.140. The van der Waals surface area contributed by atoms with Gasteiger partial charge in [0.05, 0.1) is 0 Å². The Morgan fingerprint density at radius 2 is 1.59 bits per heavy atom. The molecular formula is C30H41N3O4. The molecule has 2 rings (SSSR count). The highest BCUT2D eigenvalue weighted by Gasteiger charge is 2.36. The summed E-state index contributed by atoms with van der Waals surface area (Å²) in [5, 5.41) is 5.75. The van der Waals surface area contributed by atoms with Crippen molar-refractivity contribution in [2.75, 3.05) is 11.9 Å². The van der Waals surface area contributed by atoms with Crippen molar-refractivity contribution < 1.29 is 19.1 Å². The highest BCUT2D eigenvalue weighted by molar-refractivity contribution is 5.99. The Morgan fingerprint density at radius 1 is 1.00 bits per heavy atom. The lowest BCUT2D eigenvalue weighted by atomic mass is 9.96. The summed E-state index contributed by atoms with van der Waals surface area (Å²) in [7, 11) is 0. The van der Waals surface area contributed by atoms with Crippen molar-refractivity contribution in [3.05, 3.63) is 77.9 Å². The quantitative estimate of drug-likeness (QED) is 0.390. The minimum atomic E-state index is -0.943. The van der Waals surface area contributed by atoms with Gasteiger partial charge in [0.2, 0.25) is 5.91 Å². The molecule has 0 saturated carbocycles. The van der Waals surface area contributed by atoms with Gasteiger partial charge in [0.15, 0.2) is 0 Å². The number of nitrogens with zero attached hydrogens (tertiary/aromatic N) is 1. The first-order chi connectivity index (χ1) is 17.3. The fourth-order valence-corrected chi connectivity index (χ4v) is 4.06. The molecule has 2 aromatic carbocycles. The van der Waals surface area contributed by atoms with Crippen molar-refractivity contribution >= 4 is 23.6 Å². The van der Waals surface area contributed by atoms with E-state index in [1.54, 1.807) is 26.8 Å². The first-order valence-electron chi connectivity index (χ1n) is 12.7. The molecule has 37 heavy (non-hydrogen) atoms. The number of ether oxygens (including phenoxy) is 1. The van der Waals surface area contributed by atoms with Gasteiger partial charge >= 0.3 is 6.09 Å². The van der Waals surface area contributed by atoms with E-state index in [1.165, 1.54) is 4.90 Å². The van der Waals surface area contributed by atoms with Crippen molar-refractivity contribution in [1.82, 2.24) is 10.2 Å². The zero-order chi connectivity index (χ0) is 27.8. The smallest absolute Gasteiger partial charge is 0.408 e. The van der Waals surface area contributed by atoms with Gasteiger partial charge in [-0.1, -0.05) is 62.4 Å². The van der Waals surface area contributed by atoms with Crippen LogP contribution in [0.2, 0.25) is 0 Å². The highest BCUT2D eigenvalue weighted by Crippen LogP contribution is 2.28. The van der Waals surface area contributed by atoms with Gasteiger partial charge in [-0.15, -0.1) is 6.58 Å². The molecule has 0 aliphatic rings. The molecule has 2 aromatic rings. The number of alkyl carbamates (subject to hydrolysis) is 1. The molecule has 7 heteroatoms. The fourth-order valence-electron chi connectivity index (χ4n) is 4.06. The lowest BCUT2D eigenvalue weighted by Crippen LogP contribution is -2.53. The Balaban J connectivity index is 2.52. The average molecular weight is 508 g/mol. The number of anilines is 1. The number of amides is 3. The number of hydrogen-bond donors (Lipinski definition) is 2. The summed E-state index contributed by atoms with van der Waals surface area (Å²) in [5.41, 5.74) is 2.43. The molecule has 0 fully saturated rings. The van der Waals surface area contributed by atoms with E-state index in [4.69, 9.17) is 4.74 Å². The van der Waals surface area contributed by atoms with E-state index in [9.17, 15) is 14.4 Å². The molecule has 7 nitrogen and oxygen atoms in total. The SMILES string of the molecule is C=CCN(C(=O)C(CC(C)C)NC(=O)OC(C)(C)C)C(C(=O)Nc1ccccc1C)c1ccccc1C. The minimum absolute atomic E-state index is 0.104. The summed E-state index contributed by atoms with van der Waals surface area (Å²) in [6.45, 7) is 17.0. The zero-order valence-electron chi connectivity index (χ0n) is 23.1. The molecule has 0 bridgehead atoms. The Kier molecular flexibility index (Phi) is 10.5. The van der Waals surface area contributed by atoms with Crippen LogP contribution in [0.25, 0.3) is 0 Å². The lowest BCUT2D eigenvalue weighted by Gasteiger charge is -2.35. The van der Waals surface area contributed by atoms with Gasteiger partial charge in [-0.3, -0.25) is 9.59 Å². The molecule has 2 N–H and O–H groups in total. The number of hydrogen-bond acceptors (Lipinski definition) is 4. The second-order valence-corrected chi connectivity index (χ2v) is 10.7. The van der Waals surface area contributed by atoms with E-state index >= 15 is 0 Å². The Bertz CT molecular complexity index is 1100. The largest absolute Gasteiger partial charge is 0.444 e. The third kappa shape index (κ3) is 8.77. The zero-order valence-corrected chi connectivity index (χ0v) is 23.1. The van der Waals surface area contributed by atoms with Crippen molar-refractivity contribution in [2.24, 2.45) is 5.92 Å². The Labute approximate surface area is 221 Å². The fraction of sp³-hybridized carbons (Fsp3) is 0.433. The molecular weight excluding hydrogens is 466 g/mol. The van der Waals surface area contributed by atoms with Gasteiger partial charge in [0.25, 0.3) is 5.91 Å². The van der Waals surface area contributed by atoms with Crippen molar-refractivity contribution in [3.63, 3.8) is 0 Å². The van der Waals surface area contributed by atoms with Crippen LogP contribution in [-0.2, 0) is 14.3 Å². The number of carbonyl (C=O) groups excluding carboxylic acids is 3. The molecule has 0 heterocycles. The highest BCUT2D eigenvalue weighted by atomic mass is 16.6. The molecule has 0 aliphatic heterocycles. The molecule has 0 saturated heterocycles. The van der Waals surface area contributed by atoms with E-state index in [1.807, 2.05) is 76.2 Å².